The van der Waals surface area contributed by atoms with Gasteiger partial charge >= 0.3 is 0 Å². The number of methoxy groups -OCH3 is 1. The van der Waals surface area contributed by atoms with E-state index in [1.807, 2.05) is 0 Å². The first kappa shape index (κ1) is 12.0. The number of hydrogen-bond donors (Lipinski definition) is 1. The zero-order valence-electron chi connectivity index (χ0n) is 8.64. The van der Waals surface area contributed by atoms with Gasteiger partial charge in [-0.25, -0.2) is 8.42 Å². The van der Waals surface area contributed by atoms with Crippen molar-refractivity contribution in [3.8, 4) is 0 Å². The van der Waals surface area contributed by atoms with E-state index in [1.165, 1.54) is 7.11 Å². The summed E-state index contributed by atoms with van der Waals surface area (Å²) in [4.78, 5) is 0. The number of nitrogen functional groups attached to an aromatic ring is 1. The first-order chi connectivity index (χ1) is 7.03. The monoisotopic (exact) mass is 229 g/mol. The minimum atomic E-state index is -3.09. The van der Waals surface area contributed by atoms with Gasteiger partial charge in [-0.3, -0.25) is 0 Å². The summed E-state index contributed by atoms with van der Waals surface area (Å²) in [7, 11) is -1.61. The zero-order chi connectivity index (χ0) is 11.3. The minimum Gasteiger partial charge on any atom is -0.399 e. The predicted molar refractivity (Wildman–Crippen MR) is 60.2 cm³/mol. The molecule has 2 N–H and O–H groups in total. The second-order valence-corrected chi connectivity index (χ2v) is 5.51. The highest BCUT2D eigenvalue weighted by Gasteiger charge is 2.11. The van der Waals surface area contributed by atoms with Crippen LogP contribution in [-0.2, 0) is 20.3 Å². The van der Waals surface area contributed by atoms with Gasteiger partial charge in [0.1, 0.15) is 0 Å². The second-order valence-electron chi connectivity index (χ2n) is 3.33. The van der Waals surface area contributed by atoms with Gasteiger partial charge in [0, 0.05) is 12.8 Å². The van der Waals surface area contributed by atoms with E-state index in [0.29, 0.717) is 11.3 Å². The molecule has 0 spiro atoms. The number of ether oxygens (including phenoxy) is 1. The Morgan fingerprint density at radius 3 is 2.73 bits per heavy atom. The summed E-state index contributed by atoms with van der Waals surface area (Å²) in [6, 6.07) is 6.90. The van der Waals surface area contributed by atoms with Gasteiger partial charge in [0.25, 0.3) is 0 Å². The number of nitrogens with two attached hydrogens (primary N) is 1. The lowest BCUT2D eigenvalue weighted by molar-refractivity contribution is 0.217. The lowest BCUT2D eigenvalue weighted by Gasteiger charge is -2.04. The van der Waals surface area contributed by atoms with Crippen LogP contribution in [0.3, 0.4) is 0 Å². The molecule has 84 valence electrons. The molecule has 0 saturated carbocycles. The second kappa shape index (κ2) is 5.14. The lowest BCUT2D eigenvalue weighted by atomic mass is 10.2. The number of rotatable bonds is 5. The summed E-state index contributed by atoms with van der Waals surface area (Å²) in [6.07, 6.45) is 0. The molecule has 0 unspecified atom stereocenters. The molecule has 1 aromatic rings. The van der Waals surface area contributed by atoms with Crippen molar-refractivity contribution in [1.29, 1.82) is 0 Å². The average Bonchev–Trinajstić information content (AvgIpc) is 2.14. The summed E-state index contributed by atoms with van der Waals surface area (Å²) in [5.41, 5.74) is 6.85. The smallest absolute Gasteiger partial charge is 0.156 e. The Bertz CT molecular complexity index is 414. The summed E-state index contributed by atoms with van der Waals surface area (Å²) >= 11 is 0. The Morgan fingerprint density at radius 2 is 2.13 bits per heavy atom. The third-order valence-corrected chi connectivity index (χ3v) is 3.50. The molecule has 0 aliphatic rings. The number of sulfone groups is 1. The standard InChI is InChI=1S/C10H15NO3S/c1-14-5-6-15(12,13)8-9-3-2-4-10(11)7-9/h2-4,7H,5-6,8,11H2,1H3. The van der Waals surface area contributed by atoms with Gasteiger partial charge in [-0.05, 0) is 17.7 Å². The highest BCUT2D eigenvalue weighted by Crippen LogP contribution is 2.10. The molecular formula is C10H15NO3S. The van der Waals surface area contributed by atoms with Gasteiger partial charge < -0.3 is 10.5 Å². The third-order valence-electron chi connectivity index (χ3n) is 1.94. The van der Waals surface area contributed by atoms with E-state index >= 15 is 0 Å². The quantitative estimate of drug-likeness (QED) is 0.759. The van der Waals surface area contributed by atoms with E-state index in [4.69, 9.17) is 10.5 Å². The average molecular weight is 229 g/mol. The van der Waals surface area contributed by atoms with Crippen LogP contribution in [0.1, 0.15) is 5.56 Å². The van der Waals surface area contributed by atoms with E-state index in [9.17, 15) is 8.42 Å². The largest absolute Gasteiger partial charge is 0.399 e. The first-order valence-corrected chi connectivity index (χ1v) is 6.39. The summed E-state index contributed by atoms with van der Waals surface area (Å²) in [6.45, 7) is 0.227. The van der Waals surface area contributed by atoms with Crippen molar-refractivity contribution in [1.82, 2.24) is 0 Å². The topological polar surface area (TPSA) is 69.4 Å². The summed E-state index contributed by atoms with van der Waals surface area (Å²) in [5.74, 6) is 0.0553. The molecule has 0 atom stereocenters. The van der Waals surface area contributed by atoms with Crippen LogP contribution in [0.4, 0.5) is 5.69 Å². The molecule has 1 aromatic carbocycles. The van der Waals surface area contributed by atoms with Crippen molar-refractivity contribution in [2.24, 2.45) is 0 Å². The number of anilines is 1. The summed E-state index contributed by atoms with van der Waals surface area (Å²) < 4.78 is 27.8. The van der Waals surface area contributed by atoms with E-state index in [0.717, 1.165) is 0 Å². The third kappa shape index (κ3) is 4.31. The van der Waals surface area contributed by atoms with Gasteiger partial charge in [0.2, 0.25) is 0 Å². The fourth-order valence-electron chi connectivity index (χ4n) is 1.22. The van der Waals surface area contributed by atoms with Crippen molar-refractivity contribution < 1.29 is 13.2 Å². The normalized spacial score (nSPS) is 11.5. The van der Waals surface area contributed by atoms with Gasteiger partial charge in [-0.1, -0.05) is 12.1 Å². The maximum Gasteiger partial charge on any atom is 0.156 e. The van der Waals surface area contributed by atoms with Crippen molar-refractivity contribution in [2.45, 2.75) is 5.75 Å². The molecule has 4 nitrogen and oxygen atoms in total. The Labute approximate surface area is 90.0 Å². The number of benzene rings is 1. The van der Waals surface area contributed by atoms with Crippen LogP contribution in [0.15, 0.2) is 24.3 Å². The molecule has 0 aliphatic heterocycles. The van der Waals surface area contributed by atoms with Crippen LogP contribution in [0.5, 0.6) is 0 Å². The highest BCUT2D eigenvalue weighted by atomic mass is 32.2. The van der Waals surface area contributed by atoms with E-state index < -0.39 is 9.84 Å². The molecule has 5 heteroatoms. The van der Waals surface area contributed by atoms with E-state index in [2.05, 4.69) is 0 Å². The van der Waals surface area contributed by atoms with Crippen LogP contribution in [0.25, 0.3) is 0 Å². The first-order valence-electron chi connectivity index (χ1n) is 4.57. The lowest BCUT2D eigenvalue weighted by Crippen LogP contribution is -2.13. The highest BCUT2D eigenvalue weighted by molar-refractivity contribution is 7.90. The molecule has 0 aromatic heterocycles. The van der Waals surface area contributed by atoms with Crippen LogP contribution >= 0.6 is 0 Å². The van der Waals surface area contributed by atoms with E-state index in [1.54, 1.807) is 24.3 Å². The fourth-order valence-corrected chi connectivity index (χ4v) is 2.47. The summed E-state index contributed by atoms with van der Waals surface area (Å²) in [5, 5.41) is 0. The van der Waals surface area contributed by atoms with Gasteiger partial charge in [0.15, 0.2) is 9.84 Å². The molecule has 0 radical (unpaired) electrons. The van der Waals surface area contributed by atoms with Crippen LogP contribution in [0, 0.1) is 0 Å². The van der Waals surface area contributed by atoms with Crippen LogP contribution in [-0.4, -0.2) is 27.9 Å². The van der Waals surface area contributed by atoms with Crippen LogP contribution in [0.2, 0.25) is 0 Å². The Hall–Kier alpha value is -1.07. The SMILES string of the molecule is COCCS(=O)(=O)Cc1cccc(N)c1. The fraction of sp³-hybridized carbons (Fsp3) is 0.400. The van der Waals surface area contributed by atoms with Gasteiger partial charge in [-0.15, -0.1) is 0 Å². The Balaban J connectivity index is 2.69. The Kier molecular flexibility index (Phi) is 4.11. The number of hydrogen-bond acceptors (Lipinski definition) is 4. The van der Waals surface area contributed by atoms with Crippen LogP contribution < -0.4 is 5.73 Å². The van der Waals surface area contributed by atoms with Crippen molar-refractivity contribution in [3.05, 3.63) is 29.8 Å². The van der Waals surface area contributed by atoms with Crippen molar-refractivity contribution >= 4 is 15.5 Å². The molecule has 0 amide bonds. The predicted octanol–water partition coefficient (Wildman–Crippen LogP) is 0.830. The molecule has 15 heavy (non-hydrogen) atoms. The van der Waals surface area contributed by atoms with Crippen molar-refractivity contribution in [2.75, 3.05) is 25.2 Å². The molecule has 0 bridgehead atoms. The van der Waals surface area contributed by atoms with Gasteiger partial charge in [0.05, 0.1) is 18.1 Å². The Morgan fingerprint density at radius 1 is 1.40 bits per heavy atom. The molecule has 0 saturated heterocycles. The molecule has 0 fully saturated rings. The maximum absolute atomic E-state index is 11.5. The zero-order valence-corrected chi connectivity index (χ0v) is 9.46. The van der Waals surface area contributed by atoms with Crippen molar-refractivity contribution in [3.63, 3.8) is 0 Å². The molecule has 0 heterocycles. The molecule has 0 aliphatic carbocycles. The van der Waals surface area contributed by atoms with Gasteiger partial charge in [-0.2, -0.15) is 0 Å². The minimum absolute atomic E-state index is 0.0153. The van der Waals surface area contributed by atoms with E-state index in [-0.39, 0.29) is 18.1 Å². The molecule has 1 rings (SSSR count). The molecular weight excluding hydrogens is 214 g/mol. The maximum atomic E-state index is 11.5.